The van der Waals surface area contributed by atoms with Crippen LogP contribution in [0.2, 0.25) is 0 Å². The second-order valence-electron chi connectivity index (χ2n) is 13.1. The first-order chi connectivity index (χ1) is 19.6. The average molecular weight is 576 g/mol. The molecule has 1 saturated heterocycles. The third-order valence-corrected chi connectivity index (χ3v) is 12.1. The van der Waals surface area contributed by atoms with Crippen LogP contribution in [0.5, 0.6) is 0 Å². The largest absolute Gasteiger partial charge is 0.399 e. The zero-order valence-corrected chi connectivity index (χ0v) is 24.2. The number of hydrogen-bond donors (Lipinski definition) is 3. The van der Waals surface area contributed by atoms with Gasteiger partial charge in [-0.25, -0.2) is 0 Å². The molecule has 4 aliphatic carbocycles. The maximum absolute atomic E-state index is 13.7. The van der Waals surface area contributed by atoms with Crippen LogP contribution in [0, 0.1) is 28.6 Å². The highest BCUT2D eigenvalue weighted by atomic mass is 32.1. The maximum Gasteiger partial charge on any atom is 0.194 e. The summed E-state index contributed by atoms with van der Waals surface area (Å²) < 4.78 is 13.3. The number of rotatable bonds is 5. The smallest absolute Gasteiger partial charge is 0.194 e. The van der Waals surface area contributed by atoms with Crippen molar-refractivity contribution in [2.75, 3.05) is 12.3 Å². The van der Waals surface area contributed by atoms with Crippen molar-refractivity contribution in [3.8, 4) is 0 Å². The van der Waals surface area contributed by atoms with Crippen LogP contribution in [0.1, 0.15) is 61.1 Å². The van der Waals surface area contributed by atoms with Gasteiger partial charge in [0, 0.05) is 33.7 Å². The second-order valence-corrected chi connectivity index (χ2v) is 14.3. The van der Waals surface area contributed by atoms with Gasteiger partial charge in [0.25, 0.3) is 0 Å². The van der Waals surface area contributed by atoms with Crippen molar-refractivity contribution in [1.29, 1.82) is 0 Å². The number of nitrogen functional groups attached to an aromatic ring is 1. The number of hydrogen-bond acceptors (Lipinski definition) is 8. The molecule has 7 rings (SSSR count). The minimum Gasteiger partial charge on any atom is -0.399 e. The van der Waals surface area contributed by atoms with Gasteiger partial charge in [0.1, 0.15) is 6.61 Å². The summed E-state index contributed by atoms with van der Waals surface area (Å²) in [5.41, 5.74) is 6.45. The molecular weight excluding hydrogens is 538 g/mol. The van der Waals surface area contributed by atoms with Crippen LogP contribution in [0.3, 0.4) is 0 Å². The van der Waals surface area contributed by atoms with Crippen LogP contribution in [0.25, 0.3) is 0 Å². The van der Waals surface area contributed by atoms with Gasteiger partial charge in [-0.3, -0.25) is 9.59 Å². The number of aliphatic hydroxyl groups is 2. The van der Waals surface area contributed by atoms with E-state index >= 15 is 0 Å². The van der Waals surface area contributed by atoms with Crippen LogP contribution in [0.15, 0.2) is 60.2 Å². The lowest BCUT2D eigenvalue weighted by atomic mass is 9.46. The number of carbonyl (C=O) groups excluding carboxylic acids is 2. The molecule has 8 heteroatoms. The number of anilines is 1. The summed E-state index contributed by atoms with van der Waals surface area (Å²) in [6.45, 7) is 3.56. The van der Waals surface area contributed by atoms with Gasteiger partial charge < -0.3 is 25.4 Å². The number of nitrogens with two attached hydrogens (primary N) is 1. The zero-order chi connectivity index (χ0) is 28.7. The van der Waals surface area contributed by atoms with E-state index in [1.165, 1.54) is 0 Å². The number of ketones is 2. The van der Waals surface area contributed by atoms with E-state index in [1.807, 2.05) is 36.4 Å². The number of aliphatic hydroxyl groups excluding tert-OH is 2. The highest BCUT2D eigenvalue weighted by Crippen LogP contribution is 2.70. The molecule has 41 heavy (non-hydrogen) atoms. The first-order valence-electron chi connectivity index (χ1n) is 14.6. The Labute approximate surface area is 244 Å². The molecule has 1 aromatic heterocycles. The summed E-state index contributed by atoms with van der Waals surface area (Å²) in [7, 11) is 0. The molecule has 0 amide bonds. The van der Waals surface area contributed by atoms with E-state index in [0.29, 0.717) is 12.8 Å². The number of Topliss-reactive ketones (excluding diaryl/α,β-unsaturated/α-hetero) is 1. The Morgan fingerprint density at radius 3 is 2.83 bits per heavy atom. The topological polar surface area (TPSA) is 119 Å². The molecule has 9 atom stereocenters. The molecule has 4 fully saturated rings. The van der Waals surface area contributed by atoms with Crippen LogP contribution < -0.4 is 5.73 Å². The molecule has 5 aliphatic rings. The standard InChI is InChI=1S/C33H37NO6S/c1-31-11-10-21(36)14-19(31)6-8-23-24-15-28-33(27(38)17-35,32(24,2)16-25(37)29(23)31)40-30(39-28)26-9-7-22(41-26)13-18-4-3-5-20(34)12-18/h3-5,7,9-12,14,23-25,28-30,35,37H,6,8,13,15-17,34H2,1-2H3/t23-,24-,25-,28+,29+,30+,31-,32-,33+/m0/s1. The quantitative estimate of drug-likeness (QED) is 0.449. The number of allylic oxidation sites excluding steroid dienone is 4. The molecule has 2 aromatic rings. The van der Waals surface area contributed by atoms with Crippen molar-refractivity contribution >= 4 is 28.6 Å². The van der Waals surface area contributed by atoms with Gasteiger partial charge in [-0.2, -0.15) is 0 Å². The van der Waals surface area contributed by atoms with E-state index in [1.54, 1.807) is 23.5 Å². The lowest BCUT2D eigenvalue weighted by Gasteiger charge is -2.59. The zero-order valence-electron chi connectivity index (χ0n) is 23.4. The van der Waals surface area contributed by atoms with Crippen molar-refractivity contribution in [1.82, 2.24) is 0 Å². The van der Waals surface area contributed by atoms with Gasteiger partial charge in [-0.1, -0.05) is 37.6 Å². The van der Waals surface area contributed by atoms with Gasteiger partial charge in [0.05, 0.1) is 17.1 Å². The minimum atomic E-state index is -1.34. The number of benzene rings is 1. The van der Waals surface area contributed by atoms with Gasteiger partial charge >= 0.3 is 0 Å². The molecule has 4 N–H and O–H groups in total. The Morgan fingerprint density at radius 2 is 2.05 bits per heavy atom. The third-order valence-electron chi connectivity index (χ3n) is 11.0. The molecule has 1 aromatic carbocycles. The van der Waals surface area contributed by atoms with Crippen LogP contribution >= 0.6 is 11.3 Å². The fraction of sp³-hybridized carbons (Fsp3) is 0.515. The summed E-state index contributed by atoms with van der Waals surface area (Å²) in [6.07, 6.45) is 6.80. The van der Waals surface area contributed by atoms with Gasteiger partial charge in [-0.15, -0.1) is 11.3 Å². The highest BCUT2D eigenvalue weighted by molar-refractivity contribution is 7.12. The molecule has 0 bridgehead atoms. The SMILES string of the molecule is C[C@]12C=CC(=O)C=C1CC[C@@H]1[C@@H]2[C@@H](O)C[C@@]2(C)[C@H]1C[C@H]1O[C@@H](c3ccc(Cc4cccc(N)c4)s3)O[C@]12C(=O)CO. The molecule has 0 radical (unpaired) electrons. The van der Waals surface area contributed by atoms with Gasteiger partial charge in [0.2, 0.25) is 0 Å². The van der Waals surface area contributed by atoms with Gasteiger partial charge in [-0.05, 0) is 79.5 Å². The number of ether oxygens (including phenoxy) is 2. The molecule has 2 heterocycles. The normalized spacial score (nSPS) is 40.9. The van der Waals surface area contributed by atoms with Crippen molar-refractivity contribution in [3.05, 3.63) is 75.5 Å². The summed E-state index contributed by atoms with van der Waals surface area (Å²) in [4.78, 5) is 27.9. The Hall–Kier alpha value is -2.62. The molecular formula is C33H37NO6S. The van der Waals surface area contributed by atoms with E-state index in [4.69, 9.17) is 15.2 Å². The fourth-order valence-electron chi connectivity index (χ4n) is 9.33. The van der Waals surface area contributed by atoms with E-state index < -0.39 is 41.5 Å². The molecule has 7 nitrogen and oxygen atoms in total. The lowest BCUT2D eigenvalue weighted by molar-refractivity contribution is -0.200. The Morgan fingerprint density at radius 1 is 1.22 bits per heavy atom. The summed E-state index contributed by atoms with van der Waals surface area (Å²) in [5, 5.41) is 22.0. The minimum absolute atomic E-state index is 0.00596. The average Bonchev–Trinajstić information content (AvgIpc) is 3.61. The highest BCUT2D eigenvalue weighted by Gasteiger charge is 2.76. The number of carbonyl (C=O) groups is 2. The first kappa shape index (κ1) is 27.2. The molecule has 0 unspecified atom stereocenters. The fourth-order valence-corrected chi connectivity index (χ4v) is 10.3. The maximum atomic E-state index is 13.7. The molecule has 216 valence electrons. The van der Waals surface area contributed by atoms with E-state index in [-0.39, 0.29) is 29.3 Å². The number of fused-ring (bicyclic) bond motifs is 7. The van der Waals surface area contributed by atoms with E-state index in [0.717, 1.165) is 45.8 Å². The molecule has 0 spiro atoms. The first-order valence-corrected chi connectivity index (χ1v) is 15.4. The monoisotopic (exact) mass is 575 g/mol. The van der Waals surface area contributed by atoms with Crippen molar-refractivity contribution < 1.29 is 29.3 Å². The predicted molar refractivity (Wildman–Crippen MR) is 155 cm³/mol. The second kappa shape index (κ2) is 9.44. The van der Waals surface area contributed by atoms with Crippen molar-refractivity contribution in [2.24, 2.45) is 28.6 Å². The van der Waals surface area contributed by atoms with Crippen molar-refractivity contribution in [2.45, 2.75) is 70.1 Å². The van der Waals surface area contributed by atoms with Crippen LogP contribution in [-0.4, -0.2) is 46.2 Å². The van der Waals surface area contributed by atoms with Gasteiger partial charge in [0.15, 0.2) is 23.5 Å². The molecule has 1 aliphatic heterocycles. The van der Waals surface area contributed by atoms with E-state index in [9.17, 15) is 19.8 Å². The summed E-state index contributed by atoms with van der Waals surface area (Å²) >= 11 is 1.59. The third kappa shape index (κ3) is 3.84. The summed E-state index contributed by atoms with van der Waals surface area (Å²) in [6, 6.07) is 11.9. The number of thiophene rings is 1. The van der Waals surface area contributed by atoms with Crippen LogP contribution in [-0.2, 0) is 25.5 Å². The Balaban J connectivity index is 1.19. The van der Waals surface area contributed by atoms with Crippen molar-refractivity contribution in [3.63, 3.8) is 0 Å². The Kier molecular flexibility index (Phi) is 6.27. The summed E-state index contributed by atoms with van der Waals surface area (Å²) in [5.74, 6) is -0.221. The lowest BCUT2D eigenvalue weighted by Crippen LogP contribution is -2.63. The predicted octanol–water partition coefficient (Wildman–Crippen LogP) is 4.52. The molecule has 3 saturated carbocycles. The van der Waals surface area contributed by atoms with E-state index in [2.05, 4.69) is 19.9 Å². The Bertz CT molecular complexity index is 1480. The van der Waals surface area contributed by atoms with Crippen LogP contribution in [0.4, 0.5) is 5.69 Å².